The van der Waals surface area contributed by atoms with E-state index < -0.39 is 23.5 Å². The maximum atomic E-state index is 14.2. The molecule has 3 aromatic carbocycles. The monoisotopic (exact) mass is 580 g/mol. The second kappa shape index (κ2) is 12.4. The first-order chi connectivity index (χ1) is 20.9. The molecular formula is C35H36N2O6. The van der Waals surface area contributed by atoms with E-state index in [9.17, 15) is 14.4 Å². The summed E-state index contributed by atoms with van der Waals surface area (Å²) in [5.74, 6) is -3.15. The van der Waals surface area contributed by atoms with Crippen LogP contribution in [0, 0.1) is 5.92 Å². The maximum Gasteiger partial charge on any atom is 0.334 e. The second-order valence-corrected chi connectivity index (χ2v) is 11.5. The molecule has 3 aliphatic rings. The number of rotatable bonds is 9. The summed E-state index contributed by atoms with van der Waals surface area (Å²) in [7, 11) is 1.65. The number of methoxy groups -OCH3 is 1. The number of anilines is 1. The van der Waals surface area contributed by atoms with Gasteiger partial charge in [-0.05, 0) is 85.3 Å². The smallest absolute Gasteiger partial charge is 0.334 e. The van der Waals surface area contributed by atoms with Gasteiger partial charge in [-0.2, -0.15) is 0 Å². The van der Waals surface area contributed by atoms with Crippen LogP contribution < -0.4 is 9.64 Å². The summed E-state index contributed by atoms with van der Waals surface area (Å²) in [6.07, 6.45) is 4.56. The minimum Gasteiger partial charge on any atom is -0.497 e. The van der Waals surface area contributed by atoms with Crippen molar-refractivity contribution in [3.05, 3.63) is 107 Å². The number of likely N-dealkylation sites (tertiary alicyclic amines) is 1. The number of piperidine rings is 1. The Labute approximate surface area is 251 Å². The number of carbonyl (C=O) groups is 3. The van der Waals surface area contributed by atoms with Crippen molar-refractivity contribution in [2.45, 2.75) is 44.6 Å². The van der Waals surface area contributed by atoms with Gasteiger partial charge >= 0.3 is 17.7 Å². The molecule has 0 radical (unpaired) electrons. The number of cyclic esters (lactones) is 2. The highest BCUT2D eigenvalue weighted by atomic mass is 16.7. The molecule has 0 aliphatic carbocycles. The highest BCUT2D eigenvalue weighted by molar-refractivity contribution is 6.06. The molecule has 8 nitrogen and oxygen atoms in total. The number of hydrogen-bond acceptors (Lipinski definition) is 8. The van der Waals surface area contributed by atoms with E-state index in [2.05, 4.69) is 21.9 Å². The van der Waals surface area contributed by atoms with Crippen molar-refractivity contribution in [1.82, 2.24) is 4.90 Å². The minimum atomic E-state index is -2.00. The third kappa shape index (κ3) is 6.49. The first kappa shape index (κ1) is 28.7. The van der Waals surface area contributed by atoms with E-state index in [1.165, 1.54) is 5.56 Å². The molecule has 3 heterocycles. The average Bonchev–Trinajstić information content (AvgIpc) is 3.36. The van der Waals surface area contributed by atoms with Crippen molar-refractivity contribution in [1.29, 1.82) is 0 Å². The number of Topliss-reactive ketones (excluding diaryl/α,β-unsaturated/α-hetero) is 1. The molecule has 0 amide bonds. The van der Waals surface area contributed by atoms with Crippen LogP contribution in [0.25, 0.3) is 0 Å². The normalized spacial score (nSPS) is 18.5. The topological polar surface area (TPSA) is 85.4 Å². The van der Waals surface area contributed by atoms with Gasteiger partial charge in [-0.3, -0.25) is 9.69 Å². The number of hydrogen-bond donors (Lipinski definition) is 0. The lowest BCUT2D eigenvalue weighted by atomic mass is 9.86. The highest BCUT2D eigenvalue weighted by Gasteiger charge is 2.49. The molecule has 1 saturated heterocycles. The molecular weight excluding hydrogens is 544 g/mol. The second-order valence-electron chi connectivity index (χ2n) is 11.5. The lowest BCUT2D eigenvalue weighted by Gasteiger charge is -2.37. The van der Waals surface area contributed by atoms with E-state index in [-0.39, 0.29) is 12.3 Å². The zero-order chi connectivity index (χ0) is 29.8. The van der Waals surface area contributed by atoms with Crippen LogP contribution in [0.15, 0.2) is 84.9 Å². The molecule has 0 spiro atoms. The van der Waals surface area contributed by atoms with Crippen LogP contribution in [0.3, 0.4) is 0 Å². The summed E-state index contributed by atoms with van der Waals surface area (Å²) in [6, 6.07) is 23.9. The molecule has 222 valence electrons. The molecule has 0 atom stereocenters. The Morgan fingerprint density at radius 1 is 0.860 bits per heavy atom. The van der Waals surface area contributed by atoms with E-state index in [1.807, 2.05) is 54.6 Å². The maximum absolute atomic E-state index is 14.2. The zero-order valence-electron chi connectivity index (χ0n) is 24.4. The Balaban J connectivity index is 1.18. The quantitative estimate of drug-likeness (QED) is 0.256. The predicted octanol–water partition coefficient (Wildman–Crippen LogP) is 5.10. The van der Waals surface area contributed by atoms with E-state index in [4.69, 9.17) is 14.2 Å². The van der Waals surface area contributed by atoms with Crippen molar-refractivity contribution in [3.63, 3.8) is 0 Å². The first-order valence-electron chi connectivity index (χ1n) is 14.9. The van der Waals surface area contributed by atoms with Crippen LogP contribution in [0.4, 0.5) is 5.69 Å². The van der Waals surface area contributed by atoms with E-state index >= 15 is 0 Å². The third-order valence-electron chi connectivity index (χ3n) is 8.61. The zero-order valence-corrected chi connectivity index (χ0v) is 24.4. The number of fused-ring (bicyclic) bond motifs is 1. The van der Waals surface area contributed by atoms with E-state index in [0.29, 0.717) is 5.56 Å². The summed E-state index contributed by atoms with van der Waals surface area (Å²) in [5, 5.41) is 0. The molecule has 0 aromatic heterocycles. The largest absolute Gasteiger partial charge is 0.497 e. The fourth-order valence-corrected chi connectivity index (χ4v) is 6.34. The molecule has 0 unspecified atom stereocenters. The number of ketones is 1. The SMILES string of the molecule is COc1ccc(CN2CCc3cc(C(=O)C4(CC5CCN(Cc6ccccc6)CC5)OC(=O)C=CC(=O)O4)ccc32)cc1. The van der Waals surface area contributed by atoms with Gasteiger partial charge in [0, 0.05) is 49.5 Å². The van der Waals surface area contributed by atoms with E-state index in [1.54, 1.807) is 13.2 Å². The molecule has 3 aromatic rings. The van der Waals surface area contributed by atoms with Crippen molar-refractivity contribution >= 4 is 23.4 Å². The Hall–Kier alpha value is -4.43. The number of ether oxygens (including phenoxy) is 3. The third-order valence-corrected chi connectivity index (χ3v) is 8.61. The standard InChI is InChI=1S/C35H36N2O6/c1-41-30-10-7-27(8-11-30)24-37-20-17-28-21-29(9-12-31(28)37)34(40)35(42-32(38)13-14-33(39)43-35)22-25-15-18-36(19-16-25)23-26-5-3-2-4-6-26/h2-14,21,25H,15-20,22-24H2,1H3. The molecule has 0 N–H and O–H groups in total. The van der Waals surface area contributed by atoms with Gasteiger partial charge in [-0.1, -0.05) is 42.5 Å². The Morgan fingerprint density at radius 2 is 1.53 bits per heavy atom. The summed E-state index contributed by atoms with van der Waals surface area (Å²) in [4.78, 5) is 44.0. The van der Waals surface area contributed by atoms with Crippen molar-refractivity contribution < 1.29 is 28.6 Å². The lowest BCUT2D eigenvalue weighted by Crippen LogP contribution is -2.49. The number of benzene rings is 3. The summed E-state index contributed by atoms with van der Waals surface area (Å²) in [5.41, 5.74) is 4.88. The molecule has 6 rings (SSSR count). The van der Waals surface area contributed by atoms with Crippen LogP contribution in [-0.4, -0.2) is 55.2 Å². The molecule has 8 heteroatoms. The first-order valence-corrected chi connectivity index (χ1v) is 14.9. The fraction of sp³-hybridized carbons (Fsp3) is 0.343. The van der Waals surface area contributed by atoms with Crippen LogP contribution in [-0.2, 0) is 38.6 Å². The molecule has 43 heavy (non-hydrogen) atoms. The number of carbonyl (C=O) groups excluding carboxylic acids is 3. The summed E-state index contributed by atoms with van der Waals surface area (Å²) >= 11 is 0. The van der Waals surface area contributed by atoms with Gasteiger partial charge in [-0.25, -0.2) is 9.59 Å². The van der Waals surface area contributed by atoms with E-state index in [0.717, 1.165) is 86.7 Å². The Bertz CT molecular complexity index is 1490. The lowest BCUT2D eigenvalue weighted by molar-refractivity contribution is -0.207. The van der Waals surface area contributed by atoms with Gasteiger partial charge in [0.1, 0.15) is 5.75 Å². The number of esters is 2. The van der Waals surface area contributed by atoms with Gasteiger partial charge in [0.2, 0.25) is 5.78 Å². The molecule has 0 saturated carbocycles. The van der Waals surface area contributed by atoms with Gasteiger partial charge in [0.15, 0.2) is 0 Å². The highest BCUT2D eigenvalue weighted by Crippen LogP contribution is 2.37. The van der Waals surface area contributed by atoms with Gasteiger partial charge in [0.05, 0.1) is 7.11 Å². The Morgan fingerprint density at radius 3 is 2.21 bits per heavy atom. The van der Waals surface area contributed by atoms with Crippen molar-refractivity contribution in [3.8, 4) is 5.75 Å². The molecule has 3 aliphatic heterocycles. The fourth-order valence-electron chi connectivity index (χ4n) is 6.34. The summed E-state index contributed by atoms with van der Waals surface area (Å²) in [6.45, 7) is 4.09. The average molecular weight is 581 g/mol. The van der Waals surface area contributed by atoms with Gasteiger partial charge in [0.25, 0.3) is 0 Å². The van der Waals surface area contributed by atoms with Gasteiger partial charge in [-0.15, -0.1) is 0 Å². The minimum absolute atomic E-state index is 0.0455. The Kier molecular flexibility index (Phi) is 8.29. The number of nitrogens with zero attached hydrogens (tertiary/aromatic N) is 2. The predicted molar refractivity (Wildman–Crippen MR) is 162 cm³/mol. The van der Waals surface area contributed by atoms with Crippen molar-refractivity contribution in [2.75, 3.05) is 31.6 Å². The molecule has 1 fully saturated rings. The molecule has 0 bridgehead atoms. The van der Waals surface area contributed by atoms with Gasteiger partial charge < -0.3 is 19.1 Å². The summed E-state index contributed by atoms with van der Waals surface area (Å²) < 4.78 is 16.7. The van der Waals surface area contributed by atoms with Crippen LogP contribution >= 0.6 is 0 Å². The van der Waals surface area contributed by atoms with Crippen LogP contribution in [0.2, 0.25) is 0 Å². The van der Waals surface area contributed by atoms with Crippen LogP contribution in [0.5, 0.6) is 5.75 Å². The van der Waals surface area contributed by atoms with Crippen molar-refractivity contribution in [2.24, 2.45) is 5.92 Å². The van der Waals surface area contributed by atoms with Crippen LogP contribution in [0.1, 0.15) is 46.3 Å².